The zero-order valence-corrected chi connectivity index (χ0v) is 9.01. The fraction of sp³-hybridized carbons (Fsp3) is 0.818. The third kappa shape index (κ3) is 9.57. The molecule has 0 aromatic carbocycles. The Morgan fingerprint density at radius 3 is 2.92 bits per heavy atom. The van der Waals surface area contributed by atoms with E-state index in [9.17, 15) is 0 Å². The minimum absolute atomic E-state index is 0.316. The Hall–Kier alpha value is -0.340. The summed E-state index contributed by atoms with van der Waals surface area (Å²) in [4.78, 5) is 0. The van der Waals surface area contributed by atoms with E-state index in [1.54, 1.807) is 0 Å². The summed E-state index contributed by atoms with van der Waals surface area (Å²) in [5.41, 5.74) is 0. The largest absolute Gasteiger partial charge is 0.377 e. The van der Waals surface area contributed by atoms with Crippen LogP contribution in [0.3, 0.4) is 0 Å². The second-order valence-electron chi connectivity index (χ2n) is 3.32. The minimum atomic E-state index is 0.316. The third-order valence-corrected chi connectivity index (χ3v) is 1.86. The Kier molecular flexibility index (Phi) is 9.49. The number of unbranched alkanes of at least 4 members (excludes halogenated alkanes) is 1. The summed E-state index contributed by atoms with van der Waals surface area (Å²) < 4.78 is 5.53. The normalized spacial score (nSPS) is 12.8. The molecule has 0 aliphatic rings. The summed E-state index contributed by atoms with van der Waals surface area (Å²) in [5.74, 6) is 0. The molecule has 0 aromatic heterocycles. The molecule has 78 valence electrons. The first-order valence-electron chi connectivity index (χ1n) is 5.24. The summed E-state index contributed by atoms with van der Waals surface area (Å²) in [5, 5.41) is 3.36. The van der Waals surface area contributed by atoms with Crippen molar-refractivity contribution >= 4 is 0 Å². The van der Waals surface area contributed by atoms with Crippen LogP contribution in [-0.4, -0.2) is 25.8 Å². The van der Waals surface area contributed by atoms with Crippen LogP contribution >= 0.6 is 0 Å². The lowest BCUT2D eigenvalue weighted by molar-refractivity contribution is 0.0694. The Bertz CT molecular complexity index is 115. The molecular formula is C11H23NO. The Morgan fingerprint density at radius 2 is 2.31 bits per heavy atom. The van der Waals surface area contributed by atoms with Crippen LogP contribution in [0.1, 0.15) is 33.1 Å². The van der Waals surface area contributed by atoms with E-state index in [4.69, 9.17) is 4.74 Å². The second kappa shape index (κ2) is 9.75. The molecule has 2 heteroatoms. The topological polar surface area (TPSA) is 21.3 Å². The van der Waals surface area contributed by atoms with E-state index >= 15 is 0 Å². The van der Waals surface area contributed by atoms with Crippen LogP contribution in [0.5, 0.6) is 0 Å². The molecule has 0 saturated carbocycles. The average Bonchev–Trinajstić information content (AvgIpc) is 2.13. The van der Waals surface area contributed by atoms with Crippen molar-refractivity contribution in [3.05, 3.63) is 12.7 Å². The van der Waals surface area contributed by atoms with Crippen molar-refractivity contribution in [3.8, 4) is 0 Å². The van der Waals surface area contributed by atoms with Gasteiger partial charge in [0, 0.05) is 6.54 Å². The minimum Gasteiger partial charge on any atom is -0.377 e. The van der Waals surface area contributed by atoms with Crippen LogP contribution in [0.4, 0.5) is 0 Å². The van der Waals surface area contributed by atoms with Gasteiger partial charge in [-0.1, -0.05) is 19.4 Å². The first kappa shape index (κ1) is 12.7. The fourth-order valence-corrected chi connectivity index (χ4v) is 1.02. The number of ether oxygens (including phenoxy) is 1. The van der Waals surface area contributed by atoms with E-state index in [0.717, 1.165) is 26.1 Å². The molecule has 0 radical (unpaired) electrons. The number of nitrogens with one attached hydrogen (secondary N) is 1. The summed E-state index contributed by atoms with van der Waals surface area (Å²) in [7, 11) is 0. The Balaban J connectivity index is 3.09. The highest BCUT2D eigenvalue weighted by Gasteiger charge is 1.99. The van der Waals surface area contributed by atoms with E-state index < -0.39 is 0 Å². The van der Waals surface area contributed by atoms with Gasteiger partial charge in [0.2, 0.25) is 0 Å². The molecule has 0 aliphatic heterocycles. The highest BCUT2D eigenvalue weighted by molar-refractivity contribution is 4.65. The maximum absolute atomic E-state index is 5.53. The predicted molar refractivity (Wildman–Crippen MR) is 58.0 cm³/mol. The van der Waals surface area contributed by atoms with Crippen molar-refractivity contribution in [1.82, 2.24) is 5.32 Å². The zero-order chi connectivity index (χ0) is 9.94. The molecule has 1 N–H and O–H groups in total. The monoisotopic (exact) mass is 185 g/mol. The molecule has 13 heavy (non-hydrogen) atoms. The van der Waals surface area contributed by atoms with Crippen molar-refractivity contribution in [2.45, 2.75) is 39.2 Å². The van der Waals surface area contributed by atoms with Gasteiger partial charge in [0.15, 0.2) is 0 Å². The van der Waals surface area contributed by atoms with E-state index in [0.29, 0.717) is 6.10 Å². The quantitative estimate of drug-likeness (QED) is 0.440. The number of rotatable bonds is 9. The molecule has 1 atom stereocenters. The maximum atomic E-state index is 5.53. The van der Waals surface area contributed by atoms with Crippen LogP contribution < -0.4 is 5.32 Å². The van der Waals surface area contributed by atoms with Gasteiger partial charge in [-0.05, 0) is 26.3 Å². The van der Waals surface area contributed by atoms with Gasteiger partial charge in [0.25, 0.3) is 0 Å². The molecule has 0 bridgehead atoms. The van der Waals surface area contributed by atoms with Crippen molar-refractivity contribution in [2.75, 3.05) is 19.7 Å². The fourth-order valence-electron chi connectivity index (χ4n) is 1.02. The number of hydrogen-bond donors (Lipinski definition) is 1. The Morgan fingerprint density at radius 1 is 1.54 bits per heavy atom. The lowest BCUT2D eigenvalue weighted by Gasteiger charge is -2.12. The SMILES string of the molecule is C=CCCOC(C)CNCCCC. The lowest BCUT2D eigenvalue weighted by Crippen LogP contribution is -2.27. The summed E-state index contributed by atoms with van der Waals surface area (Å²) in [6.45, 7) is 10.8. The van der Waals surface area contributed by atoms with Gasteiger partial charge >= 0.3 is 0 Å². The molecule has 0 fully saturated rings. The van der Waals surface area contributed by atoms with Crippen molar-refractivity contribution in [1.29, 1.82) is 0 Å². The highest BCUT2D eigenvalue weighted by Crippen LogP contribution is 1.92. The second-order valence-corrected chi connectivity index (χ2v) is 3.32. The standard InChI is InChI=1S/C11H23NO/c1-4-6-8-12-10-11(3)13-9-7-5-2/h5,11-12H,2,4,6-10H2,1,3H3. The van der Waals surface area contributed by atoms with Crippen LogP contribution in [0.15, 0.2) is 12.7 Å². The van der Waals surface area contributed by atoms with E-state index in [1.165, 1.54) is 12.8 Å². The van der Waals surface area contributed by atoms with E-state index in [1.807, 2.05) is 6.08 Å². The van der Waals surface area contributed by atoms with Crippen molar-refractivity contribution < 1.29 is 4.74 Å². The van der Waals surface area contributed by atoms with Gasteiger partial charge in [0.05, 0.1) is 12.7 Å². The maximum Gasteiger partial charge on any atom is 0.0671 e. The summed E-state index contributed by atoms with van der Waals surface area (Å²) >= 11 is 0. The predicted octanol–water partition coefficient (Wildman–Crippen LogP) is 2.36. The van der Waals surface area contributed by atoms with Gasteiger partial charge in [-0.2, -0.15) is 0 Å². The van der Waals surface area contributed by atoms with Gasteiger partial charge in [0.1, 0.15) is 0 Å². The average molecular weight is 185 g/mol. The first-order chi connectivity index (χ1) is 6.31. The Labute approximate surface area is 82.4 Å². The zero-order valence-electron chi connectivity index (χ0n) is 9.01. The molecule has 0 heterocycles. The van der Waals surface area contributed by atoms with Crippen molar-refractivity contribution in [2.24, 2.45) is 0 Å². The smallest absolute Gasteiger partial charge is 0.0671 e. The molecule has 0 aromatic rings. The van der Waals surface area contributed by atoms with Crippen LogP contribution in [-0.2, 0) is 4.74 Å². The van der Waals surface area contributed by atoms with Crippen LogP contribution in [0, 0.1) is 0 Å². The third-order valence-electron chi connectivity index (χ3n) is 1.86. The lowest BCUT2D eigenvalue weighted by atomic mass is 10.3. The van der Waals surface area contributed by atoms with Crippen LogP contribution in [0.2, 0.25) is 0 Å². The highest BCUT2D eigenvalue weighted by atomic mass is 16.5. The summed E-state index contributed by atoms with van der Waals surface area (Å²) in [6, 6.07) is 0. The van der Waals surface area contributed by atoms with E-state index in [2.05, 4.69) is 25.7 Å². The molecule has 0 aliphatic carbocycles. The molecule has 0 rings (SSSR count). The molecule has 0 saturated heterocycles. The van der Waals surface area contributed by atoms with Gasteiger partial charge in [-0.3, -0.25) is 0 Å². The van der Waals surface area contributed by atoms with Gasteiger partial charge < -0.3 is 10.1 Å². The van der Waals surface area contributed by atoms with Gasteiger partial charge in [-0.25, -0.2) is 0 Å². The molecular weight excluding hydrogens is 162 g/mol. The van der Waals surface area contributed by atoms with Gasteiger partial charge in [-0.15, -0.1) is 6.58 Å². The molecule has 0 amide bonds. The van der Waals surface area contributed by atoms with Crippen LogP contribution in [0.25, 0.3) is 0 Å². The molecule has 2 nitrogen and oxygen atoms in total. The number of hydrogen-bond acceptors (Lipinski definition) is 2. The first-order valence-corrected chi connectivity index (χ1v) is 5.24. The molecule has 0 spiro atoms. The van der Waals surface area contributed by atoms with E-state index in [-0.39, 0.29) is 0 Å². The van der Waals surface area contributed by atoms with Crippen molar-refractivity contribution in [3.63, 3.8) is 0 Å². The molecule has 1 unspecified atom stereocenters. The summed E-state index contributed by atoms with van der Waals surface area (Å²) in [6.07, 6.45) is 5.64.